The third-order valence-electron chi connectivity index (χ3n) is 4.03. The van der Waals surface area contributed by atoms with Crippen molar-refractivity contribution >= 4 is 15.7 Å². The topological polar surface area (TPSA) is 117 Å². The molecule has 2 heterocycles. The van der Waals surface area contributed by atoms with Crippen LogP contribution < -0.4 is 18.9 Å². The Morgan fingerprint density at radius 3 is 2.59 bits per heavy atom. The van der Waals surface area contributed by atoms with E-state index >= 15 is 0 Å². The molecule has 0 bridgehead atoms. The minimum absolute atomic E-state index is 0.0899. The molecule has 1 N–H and O–H groups in total. The molecule has 3 rings (SSSR count). The number of fused-ring (bicyclic) bond motifs is 1. The van der Waals surface area contributed by atoms with Gasteiger partial charge >= 0.3 is 0 Å². The summed E-state index contributed by atoms with van der Waals surface area (Å²) in [7, 11) is -0.140. The van der Waals surface area contributed by atoms with E-state index in [2.05, 4.69) is 20.0 Å². The molecule has 0 saturated carbocycles. The van der Waals surface area contributed by atoms with E-state index in [-0.39, 0.29) is 18.9 Å². The summed E-state index contributed by atoms with van der Waals surface area (Å²) in [4.78, 5) is 0. The molecule has 0 spiro atoms. The lowest BCUT2D eigenvalue weighted by Gasteiger charge is -2.09. The first kappa shape index (κ1) is 20.8. The van der Waals surface area contributed by atoms with Crippen LogP contribution in [0.2, 0.25) is 0 Å². The molecule has 0 aliphatic carbocycles. The number of aromatic nitrogens is 4. The second-order valence-corrected chi connectivity index (χ2v) is 8.02. The number of nitrogens with one attached hydrogen (secondary N) is 1. The molecule has 0 aliphatic heterocycles. The summed E-state index contributed by atoms with van der Waals surface area (Å²) >= 11 is 0. The van der Waals surface area contributed by atoms with E-state index in [1.807, 2.05) is 13.0 Å². The van der Waals surface area contributed by atoms with Crippen LogP contribution in [0.4, 0.5) is 0 Å². The molecule has 2 aromatic heterocycles. The first-order valence-electron chi connectivity index (χ1n) is 9.02. The fourth-order valence-electron chi connectivity index (χ4n) is 2.70. The van der Waals surface area contributed by atoms with Gasteiger partial charge in [0.15, 0.2) is 23.0 Å². The van der Waals surface area contributed by atoms with Gasteiger partial charge in [0.25, 0.3) is 0 Å². The molecular formula is C18H23N5O5S. The summed E-state index contributed by atoms with van der Waals surface area (Å²) in [6.45, 7) is 2.12. The highest BCUT2D eigenvalue weighted by atomic mass is 32.2. The van der Waals surface area contributed by atoms with E-state index in [1.165, 1.54) is 0 Å². The molecule has 0 saturated heterocycles. The number of benzene rings is 1. The summed E-state index contributed by atoms with van der Waals surface area (Å²) in [5.74, 6) is 2.09. The van der Waals surface area contributed by atoms with Gasteiger partial charge in [0, 0.05) is 18.2 Å². The fourth-order valence-corrected chi connectivity index (χ4v) is 3.77. The molecule has 0 radical (unpaired) electrons. The number of rotatable bonds is 10. The van der Waals surface area contributed by atoms with Crippen LogP contribution in [-0.2, 0) is 10.0 Å². The average Bonchev–Trinajstić information content (AvgIpc) is 3.14. The Bertz CT molecular complexity index is 1080. The second kappa shape index (κ2) is 9.05. The second-order valence-electron chi connectivity index (χ2n) is 6.10. The summed E-state index contributed by atoms with van der Waals surface area (Å²) in [6, 6.07) is 8.77. The quantitative estimate of drug-likeness (QED) is 0.490. The van der Waals surface area contributed by atoms with Gasteiger partial charge in [-0.15, -0.1) is 15.3 Å². The first-order valence-corrected chi connectivity index (χ1v) is 10.7. The van der Waals surface area contributed by atoms with Gasteiger partial charge in [-0.25, -0.2) is 13.1 Å². The van der Waals surface area contributed by atoms with Gasteiger partial charge in [0.2, 0.25) is 15.9 Å². The molecule has 0 amide bonds. The van der Waals surface area contributed by atoms with Crippen molar-refractivity contribution in [1.82, 2.24) is 24.5 Å². The van der Waals surface area contributed by atoms with Gasteiger partial charge in [-0.3, -0.25) is 0 Å². The van der Waals surface area contributed by atoms with E-state index in [0.29, 0.717) is 35.3 Å². The maximum Gasteiger partial charge on any atom is 0.231 e. The van der Waals surface area contributed by atoms with Crippen molar-refractivity contribution in [3.63, 3.8) is 0 Å². The van der Waals surface area contributed by atoms with Crippen LogP contribution in [-0.4, -0.2) is 61.4 Å². The van der Waals surface area contributed by atoms with Crippen molar-refractivity contribution in [1.29, 1.82) is 0 Å². The van der Waals surface area contributed by atoms with Crippen molar-refractivity contribution in [2.75, 3.05) is 33.1 Å². The van der Waals surface area contributed by atoms with Crippen LogP contribution in [0.15, 0.2) is 30.3 Å². The van der Waals surface area contributed by atoms with Crippen LogP contribution in [0.25, 0.3) is 17.0 Å². The zero-order chi connectivity index (χ0) is 20.9. The summed E-state index contributed by atoms with van der Waals surface area (Å²) < 4.78 is 43.5. The molecule has 0 atom stereocenters. The maximum absolute atomic E-state index is 11.7. The molecule has 1 aromatic carbocycles. The number of ether oxygens (including phenoxy) is 3. The number of nitrogens with zero attached hydrogens (tertiary/aromatic N) is 4. The van der Waals surface area contributed by atoms with Crippen LogP contribution in [0.5, 0.6) is 17.4 Å². The Morgan fingerprint density at radius 2 is 1.86 bits per heavy atom. The van der Waals surface area contributed by atoms with Crippen molar-refractivity contribution in [3.05, 3.63) is 30.3 Å². The Morgan fingerprint density at radius 1 is 1.07 bits per heavy atom. The van der Waals surface area contributed by atoms with E-state index in [9.17, 15) is 8.42 Å². The number of hydrogen-bond donors (Lipinski definition) is 1. The van der Waals surface area contributed by atoms with Crippen LogP contribution in [0.1, 0.15) is 13.3 Å². The number of methoxy groups -OCH3 is 2. The molecule has 0 aliphatic rings. The Balaban J connectivity index is 1.77. The standard InChI is InChI=1S/C18H23N5O5S/c1-4-11-29(24,25)19-9-10-28-17-8-7-16-20-21-18(23(16)22-17)13-5-6-14(26-2)15(12-13)27-3/h5-8,12,19H,4,9-11H2,1-3H3. The summed E-state index contributed by atoms with van der Waals surface area (Å²) in [5.41, 5.74) is 1.29. The molecule has 156 valence electrons. The largest absolute Gasteiger partial charge is 0.493 e. The van der Waals surface area contributed by atoms with E-state index in [1.54, 1.807) is 43.0 Å². The van der Waals surface area contributed by atoms with E-state index in [4.69, 9.17) is 14.2 Å². The van der Waals surface area contributed by atoms with Gasteiger partial charge < -0.3 is 14.2 Å². The Hall–Kier alpha value is -2.92. The molecule has 10 nitrogen and oxygen atoms in total. The van der Waals surface area contributed by atoms with Gasteiger partial charge in [0.05, 0.1) is 20.0 Å². The molecule has 3 aromatic rings. The Labute approximate surface area is 168 Å². The number of hydrogen-bond acceptors (Lipinski definition) is 8. The lowest BCUT2D eigenvalue weighted by molar-refractivity contribution is 0.306. The molecule has 0 unspecified atom stereocenters. The predicted octanol–water partition coefficient (Wildman–Crippen LogP) is 1.52. The molecule has 11 heteroatoms. The highest BCUT2D eigenvalue weighted by molar-refractivity contribution is 7.89. The summed E-state index contributed by atoms with van der Waals surface area (Å²) in [5, 5.41) is 12.7. The highest BCUT2D eigenvalue weighted by Crippen LogP contribution is 2.31. The summed E-state index contributed by atoms with van der Waals surface area (Å²) in [6.07, 6.45) is 0.557. The van der Waals surface area contributed by atoms with Crippen molar-refractivity contribution in [2.45, 2.75) is 13.3 Å². The smallest absolute Gasteiger partial charge is 0.231 e. The van der Waals surface area contributed by atoms with E-state index < -0.39 is 10.0 Å². The third-order valence-corrected chi connectivity index (χ3v) is 5.62. The zero-order valence-electron chi connectivity index (χ0n) is 16.5. The SMILES string of the molecule is CCCS(=O)(=O)NCCOc1ccc2nnc(-c3ccc(OC)c(OC)c3)n2n1. The molecule has 0 fully saturated rings. The van der Waals surface area contributed by atoms with Crippen LogP contribution >= 0.6 is 0 Å². The average molecular weight is 421 g/mol. The predicted molar refractivity (Wildman–Crippen MR) is 107 cm³/mol. The Kier molecular flexibility index (Phi) is 6.49. The molecule has 29 heavy (non-hydrogen) atoms. The molecular weight excluding hydrogens is 398 g/mol. The zero-order valence-corrected chi connectivity index (χ0v) is 17.3. The third kappa shape index (κ3) is 4.93. The van der Waals surface area contributed by atoms with Crippen molar-refractivity contribution in [2.24, 2.45) is 0 Å². The minimum Gasteiger partial charge on any atom is -0.493 e. The van der Waals surface area contributed by atoms with Crippen molar-refractivity contribution in [3.8, 4) is 28.8 Å². The van der Waals surface area contributed by atoms with Gasteiger partial charge in [0.1, 0.15) is 6.61 Å². The van der Waals surface area contributed by atoms with Gasteiger partial charge in [-0.1, -0.05) is 6.92 Å². The van der Waals surface area contributed by atoms with Gasteiger partial charge in [-0.05, 0) is 30.7 Å². The normalized spacial score (nSPS) is 11.6. The fraction of sp³-hybridized carbons (Fsp3) is 0.389. The minimum atomic E-state index is -3.26. The van der Waals surface area contributed by atoms with Crippen LogP contribution in [0, 0.1) is 0 Å². The van der Waals surface area contributed by atoms with Gasteiger partial charge in [-0.2, -0.15) is 4.52 Å². The monoisotopic (exact) mass is 421 g/mol. The lowest BCUT2D eigenvalue weighted by Crippen LogP contribution is -2.30. The lowest BCUT2D eigenvalue weighted by atomic mass is 10.2. The van der Waals surface area contributed by atoms with Crippen molar-refractivity contribution < 1.29 is 22.6 Å². The highest BCUT2D eigenvalue weighted by Gasteiger charge is 2.14. The first-order chi connectivity index (χ1) is 14.0. The van der Waals surface area contributed by atoms with Crippen LogP contribution in [0.3, 0.4) is 0 Å². The van der Waals surface area contributed by atoms with E-state index in [0.717, 1.165) is 5.56 Å². The maximum atomic E-state index is 11.7. The number of sulfonamides is 1.